The van der Waals surface area contributed by atoms with Gasteiger partial charge in [-0.25, -0.2) is 18.7 Å². The van der Waals surface area contributed by atoms with Gasteiger partial charge in [0.05, 0.1) is 10.0 Å². The molecule has 3 nitrogen and oxygen atoms in total. The van der Waals surface area contributed by atoms with Crippen LogP contribution in [0.15, 0.2) is 29.1 Å². The van der Waals surface area contributed by atoms with Crippen molar-refractivity contribution in [1.29, 1.82) is 5.26 Å². The predicted octanol–water partition coefficient (Wildman–Crippen LogP) is 4.38. The number of pyridine rings is 2. The van der Waals surface area contributed by atoms with E-state index in [-0.39, 0.29) is 15.3 Å². The average Bonchev–Trinajstić information content (AvgIpc) is 2.35. The van der Waals surface area contributed by atoms with Crippen molar-refractivity contribution in [3.05, 3.63) is 56.5 Å². The summed E-state index contributed by atoms with van der Waals surface area (Å²) in [5.41, 5.74) is -0.232. The summed E-state index contributed by atoms with van der Waals surface area (Å²) in [6, 6.07) is 3.82. The number of rotatable bonds is 0. The standard InChI is InChI=1S/C6H2ClFN2.C5H2BrClFN/c7-4-1-5(8)6(2-9)10-3-4;6-5-4(8)1-3(7)2-9-5/h1,3H;1-2H. The van der Waals surface area contributed by atoms with Crippen molar-refractivity contribution in [2.75, 3.05) is 0 Å². The van der Waals surface area contributed by atoms with E-state index >= 15 is 0 Å². The van der Waals surface area contributed by atoms with E-state index in [9.17, 15) is 8.78 Å². The predicted molar refractivity (Wildman–Crippen MR) is 70.8 cm³/mol. The lowest BCUT2D eigenvalue weighted by Crippen LogP contribution is -1.86. The van der Waals surface area contributed by atoms with E-state index in [0.717, 1.165) is 6.07 Å². The van der Waals surface area contributed by atoms with Crippen molar-refractivity contribution in [1.82, 2.24) is 9.97 Å². The first-order valence-corrected chi connectivity index (χ1v) is 6.16. The molecule has 2 aromatic rings. The van der Waals surface area contributed by atoms with Crippen molar-refractivity contribution in [3.8, 4) is 6.07 Å². The van der Waals surface area contributed by atoms with Gasteiger partial charge in [-0.3, -0.25) is 0 Å². The van der Waals surface area contributed by atoms with Gasteiger partial charge in [0.2, 0.25) is 0 Å². The molecule has 2 rings (SSSR count). The number of hydrogen-bond acceptors (Lipinski definition) is 3. The molecule has 19 heavy (non-hydrogen) atoms. The number of halogens is 5. The highest BCUT2D eigenvalue weighted by Gasteiger charge is 2.01. The summed E-state index contributed by atoms with van der Waals surface area (Å²) in [6.45, 7) is 0. The molecule has 0 aliphatic carbocycles. The molecule has 98 valence electrons. The first-order valence-electron chi connectivity index (χ1n) is 4.61. The Labute approximate surface area is 125 Å². The van der Waals surface area contributed by atoms with E-state index < -0.39 is 11.6 Å². The molecule has 0 amide bonds. The van der Waals surface area contributed by atoms with E-state index in [2.05, 4.69) is 25.9 Å². The molecule has 0 fully saturated rings. The Balaban J connectivity index is 0.000000191. The Hall–Kier alpha value is -1.29. The van der Waals surface area contributed by atoms with E-state index in [1.54, 1.807) is 6.07 Å². The highest BCUT2D eigenvalue weighted by atomic mass is 79.9. The van der Waals surface area contributed by atoms with Crippen LogP contribution >= 0.6 is 39.1 Å². The van der Waals surface area contributed by atoms with Crippen LogP contribution < -0.4 is 0 Å². The Bertz CT molecular complexity index is 632. The number of nitrogens with zero attached hydrogens (tertiary/aromatic N) is 3. The first kappa shape index (κ1) is 15.8. The van der Waals surface area contributed by atoms with Crippen molar-refractivity contribution in [2.24, 2.45) is 0 Å². The third-order valence-electron chi connectivity index (χ3n) is 1.68. The lowest BCUT2D eigenvalue weighted by atomic mass is 10.4. The van der Waals surface area contributed by atoms with E-state index in [1.165, 1.54) is 18.5 Å². The summed E-state index contributed by atoms with van der Waals surface area (Å²) in [6.07, 6.45) is 2.60. The van der Waals surface area contributed by atoms with Crippen molar-refractivity contribution in [3.63, 3.8) is 0 Å². The van der Waals surface area contributed by atoms with Gasteiger partial charge in [-0.05, 0) is 28.1 Å². The minimum absolute atomic E-state index is 0.187. The highest BCUT2D eigenvalue weighted by molar-refractivity contribution is 9.10. The molecule has 2 aromatic heterocycles. The van der Waals surface area contributed by atoms with Gasteiger partial charge in [0.25, 0.3) is 0 Å². The van der Waals surface area contributed by atoms with Crippen LogP contribution in [-0.4, -0.2) is 9.97 Å². The molecule has 0 bridgehead atoms. The molecule has 0 spiro atoms. The van der Waals surface area contributed by atoms with Gasteiger partial charge in [-0.1, -0.05) is 23.2 Å². The second-order valence-electron chi connectivity index (χ2n) is 3.02. The summed E-state index contributed by atoms with van der Waals surface area (Å²) in [5, 5.41) is 8.71. The van der Waals surface area contributed by atoms with E-state index in [0.29, 0.717) is 5.02 Å². The summed E-state index contributed by atoms with van der Waals surface area (Å²) >= 11 is 13.6. The van der Waals surface area contributed by atoms with Crippen LogP contribution in [0.1, 0.15) is 5.69 Å². The van der Waals surface area contributed by atoms with Crippen LogP contribution in [0.2, 0.25) is 10.0 Å². The van der Waals surface area contributed by atoms with Crippen molar-refractivity contribution < 1.29 is 8.78 Å². The fourth-order valence-electron chi connectivity index (χ4n) is 0.895. The Kier molecular flexibility index (Phi) is 6.09. The van der Waals surface area contributed by atoms with Gasteiger partial charge in [0.15, 0.2) is 17.3 Å². The van der Waals surface area contributed by atoms with Gasteiger partial charge in [0.1, 0.15) is 10.7 Å². The molecular weight excluding hydrogens is 363 g/mol. The minimum atomic E-state index is -0.685. The van der Waals surface area contributed by atoms with Gasteiger partial charge in [-0.2, -0.15) is 5.26 Å². The average molecular weight is 367 g/mol. The third-order valence-corrected chi connectivity index (χ3v) is 2.67. The molecule has 0 aromatic carbocycles. The molecule has 8 heteroatoms. The molecule has 0 unspecified atom stereocenters. The monoisotopic (exact) mass is 365 g/mol. The van der Waals surface area contributed by atoms with E-state index in [4.69, 9.17) is 28.5 Å². The van der Waals surface area contributed by atoms with Crippen LogP contribution in [0.4, 0.5) is 8.78 Å². The normalized spacial score (nSPS) is 9.26. The molecule has 2 heterocycles. The summed E-state index contributed by atoms with van der Waals surface area (Å²) < 4.78 is 25.1. The second kappa shape index (κ2) is 7.34. The molecule has 0 saturated carbocycles. The molecule has 0 saturated heterocycles. The largest absolute Gasteiger partial charge is 0.245 e. The number of aromatic nitrogens is 2. The fraction of sp³-hybridized carbons (Fsp3) is 0. The zero-order valence-electron chi connectivity index (χ0n) is 9.04. The lowest BCUT2D eigenvalue weighted by Gasteiger charge is -1.90. The van der Waals surface area contributed by atoms with Crippen LogP contribution in [0, 0.1) is 23.0 Å². The van der Waals surface area contributed by atoms with Crippen molar-refractivity contribution in [2.45, 2.75) is 0 Å². The van der Waals surface area contributed by atoms with Crippen LogP contribution in [0.3, 0.4) is 0 Å². The zero-order chi connectivity index (χ0) is 14.4. The topological polar surface area (TPSA) is 49.6 Å². The SMILES string of the molecule is Fc1cc(Cl)cnc1Br.N#Cc1ncc(Cl)cc1F. The maximum absolute atomic E-state index is 12.5. The summed E-state index contributed by atoms with van der Waals surface area (Å²) in [4.78, 5) is 7.02. The van der Waals surface area contributed by atoms with Crippen LogP contribution in [0.5, 0.6) is 0 Å². The molecule has 0 radical (unpaired) electrons. The smallest absolute Gasteiger partial charge is 0.176 e. The Morgan fingerprint density at radius 2 is 1.58 bits per heavy atom. The molecular formula is C11H4BrCl2F2N3. The molecule has 0 N–H and O–H groups in total. The molecule has 0 atom stereocenters. The highest BCUT2D eigenvalue weighted by Crippen LogP contribution is 2.15. The zero-order valence-corrected chi connectivity index (χ0v) is 12.1. The first-order chi connectivity index (χ1) is 8.93. The van der Waals surface area contributed by atoms with Gasteiger partial charge in [-0.15, -0.1) is 0 Å². The summed E-state index contributed by atoms with van der Waals surface area (Å²) in [5.74, 6) is -1.13. The third kappa shape index (κ3) is 5.07. The molecule has 0 aliphatic rings. The maximum atomic E-state index is 12.5. The van der Waals surface area contributed by atoms with Crippen LogP contribution in [0.25, 0.3) is 0 Å². The minimum Gasteiger partial charge on any atom is -0.245 e. The van der Waals surface area contributed by atoms with E-state index in [1.807, 2.05) is 0 Å². The Morgan fingerprint density at radius 1 is 1.05 bits per heavy atom. The summed E-state index contributed by atoms with van der Waals surface area (Å²) in [7, 11) is 0. The number of hydrogen-bond donors (Lipinski definition) is 0. The maximum Gasteiger partial charge on any atom is 0.176 e. The molecule has 0 aliphatic heterocycles. The lowest BCUT2D eigenvalue weighted by molar-refractivity contribution is 0.613. The fourth-order valence-corrected chi connectivity index (χ4v) is 1.40. The van der Waals surface area contributed by atoms with Gasteiger partial charge < -0.3 is 0 Å². The number of nitriles is 1. The quantitative estimate of drug-likeness (QED) is 0.650. The van der Waals surface area contributed by atoms with Crippen LogP contribution in [-0.2, 0) is 0 Å². The van der Waals surface area contributed by atoms with Crippen molar-refractivity contribution >= 4 is 39.1 Å². The Morgan fingerprint density at radius 3 is 2.00 bits per heavy atom. The second-order valence-corrected chi connectivity index (χ2v) is 4.65. The van der Waals surface area contributed by atoms with Gasteiger partial charge in [0, 0.05) is 12.4 Å². The van der Waals surface area contributed by atoms with Gasteiger partial charge >= 0.3 is 0 Å².